The number of hydrogen-bond acceptors (Lipinski definition) is 3. The fraction of sp³-hybridized carbons (Fsp3) is 0.143. The van der Waals surface area contributed by atoms with E-state index < -0.39 is 5.82 Å². The van der Waals surface area contributed by atoms with Gasteiger partial charge in [0.1, 0.15) is 18.2 Å². The molecule has 2 aromatic rings. The second-order valence-corrected chi connectivity index (χ2v) is 3.81. The highest BCUT2D eigenvalue weighted by Crippen LogP contribution is 2.21. The normalized spacial score (nSPS) is 10.1. The number of aromatic nitrogens is 1. The first-order chi connectivity index (χ1) is 8.66. The molecule has 92 valence electrons. The second-order valence-electron chi connectivity index (χ2n) is 3.81. The first-order valence-corrected chi connectivity index (χ1v) is 5.50. The first-order valence-electron chi connectivity index (χ1n) is 5.50. The zero-order valence-electron chi connectivity index (χ0n) is 9.89. The van der Waals surface area contributed by atoms with E-state index in [1.807, 2.05) is 6.07 Å². The maximum atomic E-state index is 13.1. The summed E-state index contributed by atoms with van der Waals surface area (Å²) in [6.07, 6.45) is 1.65. The molecular formula is C14H12FNO2. The van der Waals surface area contributed by atoms with Gasteiger partial charge in [0, 0.05) is 12.3 Å². The Hall–Kier alpha value is -2.23. The van der Waals surface area contributed by atoms with Crippen LogP contribution in [0.15, 0.2) is 42.6 Å². The quantitative estimate of drug-likeness (QED) is 0.777. The molecular weight excluding hydrogens is 233 g/mol. The van der Waals surface area contributed by atoms with E-state index in [1.54, 1.807) is 18.3 Å². The highest BCUT2D eigenvalue weighted by molar-refractivity contribution is 5.96. The minimum atomic E-state index is -0.434. The molecule has 4 heteroatoms. The second kappa shape index (κ2) is 5.40. The number of Topliss-reactive ketones (excluding diaryl/α,β-unsaturated/α-hetero) is 1. The van der Waals surface area contributed by atoms with Crippen LogP contribution in [0.25, 0.3) is 0 Å². The van der Waals surface area contributed by atoms with Crippen molar-refractivity contribution in [2.45, 2.75) is 13.5 Å². The lowest BCUT2D eigenvalue weighted by atomic mass is 10.1. The summed E-state index contributed by atoms with van der Waals surface area (Å²) in [7, 11) is 0. The number of carbonyl (C=O) groups excluding carboxylic acids is 1. The van der Waals surface area contributed by atoms with Crippen molar-refractivity contribution in [2.75, 3.05) is 0 Å². The van der Waals surface area contributed by atoms with Crippen molar-refractivity contribution in [1.29, 1.82) is 0 Å². The van der Waals surface area contributed by atoms with Crippen molar-refractivity contribution < 1.29 is 13.9 Å². The van der Waals surface area contributed by atoms with E-state index in [2.05, 4.69) is 4.98 Å². The van der Waals surface area contributed by atoms with Crippen LogP contribution < -0.4 is 4.74 Å². The maximum Gasteiger partial charge on any atom is 0.163 e. The van der Waals surface area contributed by atoms with Crippen LogP contribution in [0, 0.1) is 5.82 Å². The van der Waals surface area contributed by atoms with Gasteiger partial charge < -0.3 is 4.74 Å². The molecule has 3 nitrogen and oxygen atoms in total. The minimum absolute atomic E-state index is 0.161. The maximum absolute atomic E-state index is 13.1. The van der Waals surface area contributed by atoms with E-state index in [4.69, 9.17) is 4.74 Å². The van der Waals surface area contributed by atoms with Crippen molar-refractivity contribution in [3.8, 4) is 5.75 Å². The molecule has 0 saturated carbocycles. The monoisotopic (exact) mass is 245 g/mol. The zero-order chi connectivity index (χ0) is 13.0. The molecule has 0 unspecified atom stereocenters. The van der Waals surface area contributed by atoms with Crippen LogP contribution in [0.2, 0.25) is 0 Å². The number of nitrogens with zero attached hydrogens (tertiary/aromatic N) is 1. The van der Waals surface area contributed by atoms with Gasteiger partial charge in [-0.15, -0.1) is 0 Å². The molecule has 0 aliphatic rings. The van der Waals surface area contributed by atoms with Crippen molar-refractivity contribution in [3.63, 3.8) is 0 Å². The van der Waals surface area contributed by atoms with Gasteiger partial charge in [0.05, 0.1) is 11.3 Å². The highest BCUT2D eigenvalue weighted by atomic mass is 19.1. The zero-order valence-corrected chi connectivity index (χ0v) is 9.89. The molecule has 2 rings (SSSR count). The third-order valence-corrected chi connectivity index (χ3v) is 2.42. The van der Waals surface area contributed by atoms with Gasteiger partial charge in [-0.25, -0.2) is 4.39 Å². The molecule has 0 N–H and O–H groups in total. The van der Waals surface area contributed by atoms with E-state index in [0.717, 1.165) is 5.69 Å². The van der Waals surface area contributed by atoms with Crippen LogP contribution in [-0.2, 0) is 6.61 Å². The third kappa shape index (κ3) is 2.91. The minimum Gasteiger partial charge on any atom is -0.486 e. The van der Waals surface area contributed by atoms with Gasteiger partial charge in [-0.05, 0) is 31.2 Å². The van der Waals surface area contributed by atoms with Crippen molar-refractivity contribution in [3.05, 3.63) is 59.7 Å². The lowest BCUT2D eigenvalue weighted by Crippen LogP contribution is -2.03. The number of carbonyl (C=O) groups is 1. The number of pyridine rings is 1. The predicted octanol–water partition coefficient (Wildman–Crippen LogP) is 3.00. The largest absolute Gasteiger partial charge is 0.486 e. The molecule has 1 aromatic carbocycles. The van der Waals surface area contributed by atoms with Gasteiger partial charge in [-0.2, -0.15) is 0 Å². The number of rotatable bonds is 4. The Morgan fingerprint density at radius 3 is 2.83 bits per heavy atom. The van der Waals surface area contributed by atoms with Gasteiger partial charge in [0.2, 0.25) is 0 Å². The fourth-order valence-electron chi connectivity index (χ4n) is 1.54. The Balaban J connectivity index is 2.18. The highest BCUT2D eigenvalue weighted by Gasteiger charge is 2.10. The fourth-order valence-corrected chi connectivity index (χ4v) is 1.54. The smallest absolute Gasteiger partial charge is 0.163 e. The van der Waals surface area contributed by atoms with E-state index in [9.17, 15) is 9.18 Å². The Morgan fingerprint density at radius 1 is 1.33 bits per heavy atom. The molecule has 0 aliphatic heterocycles. The number of hydrogen-bond donors (Lipinski definition) is 0. The molecule has 18 heavy (non-hydrogen) atoms. The molecule has 0 saturated heterocycles. The standard InChI is InChI=1S/C14H12FNO2/c1-10(17)13-6-5-11(15)8-14(13)18-9-12-4-2-3-7-16-12/h2-8H,9H2,1H3. The predicted molar refractivity (Wildman–Crippen MR) is 65.0 cm³/mol. The van der Waals surface area contributed by atoms with Crippen LogP contribution in [-0.4, -0.2) is 10.8 Å². The van der Waals surface area contributed by atoms with Crippen LogP contribution in [0.5, 0.6) is 5.75 Å². The van der Waals surface area contributed by atoms with Gasteiger partial charge >= 0.3 is 0 Å². The van der Waals surface area contributed by atoms with Gasteiger partial charge in [0.15, 0.2) is 5.78 Å². The Morgan fingerprint density at radius 2 is 2.17 bits per heavy atom. The first kappa shape index (κ1) is 12.2. The molecule has 1 heterocycles. The van der Waals surface area contributed by atoms with E-state index in [1.165, 1.54) is 25.1 Å². The van der Waals surface area contributed by atoms with Crippen LogP contribution in [0.4, 0.5) is 4.39 Å². The summed E-state index contributed by atoms with van der Waals surface area (Å²) in [6, 6.07) is 9.30. The summed E-state index contributed by atoms with van der Waals surface area (Å²) in [5, 5.41) is 0. The topological polar surface area (TPSA) is 39.2 Å². The third-order valence-electron chi connectivity index (χ3n) is 2.42. The number of halogens is 1. The van der Waals surface area contributed by atoms with Crippen molar-refractivity contribution >= 4 is 5.78 Å². The SMILES string of the molecule is CC(=O)c1ccc(F)cc1OCc1ccccn1. The van der Waals surface area contributed by atoms with Crippen LogP contribution in [0.1, 0.15) is 23.0 Å². The Bertz CT molecular complexity index is 555. The van der Waals surface area contributed by atoms with Gasteiger partial charge in [-0.1, -0.05) is 6.07 Å². The summed E-state index contributed by atoms with van der Waals surface area (Å²) < 4.78 is 18.6. The van der Waals surface area contributed by atoms with Crippen LogP contribution in [0.3, 0.4) is 0 Å². The Labute approximate surface area is 104 Å². The van der Waals surface area contributed by atoms with Gasteiger partial charge in [0.25, 0.3) is 0 Å². The Kier molecular flexibility index (Phi) is 3.67. The van der Waals surface area contributed by atoms with Crippen LogP contribution >= 0.6 is 0 Å². The molecule has 0 spiro atoms. The molecule has 0 radical (unpaired) electrons. The van der Waals surface area contributed by atoms with E-state index in [-0.39, 0.29) is 18.1 Å². The summed E-state index contributed by atoms with van der Waals surface area (Å²) in [5.41, 5.74) is 1.09. The lowest BCUT2D eigenvalue weighted by Gasteiger charge is -2.09. The molecule has 0 bridgehead atoms. The summed E-state index contributed by atoms with van der Waals surface area (Å²) in [6.45, 7) is 1.62. The number of benzene rings is 1. The number of ketones is 1. The lowest BCUT2D eigenvalue weighted by molar-refractivity contribution is 0.101. The van der Waals surface area contributed by atoms with E-state index >= 15 is 0 Å². The van der Waals surface area contributed by atoms with E-state index in [0.29, 0.717) is 5.56 Å². The van der Waals surface area contributed by atoms with Crippen molar-refractivity contribution in [1.82, 2.24) is 4.98 Å². The van der Waals surface area contributed by atoms with Gasteiger partial charge in [-0.3, -0.25) is 9.78 Å². The number of ether oxygens (including phenoxy) is 1. The summed E-state index contributed by atoms with van der Waals surface area (Å²) in [4.78, 5) is 15.5. The molecule has 0 amide bonds. The van der Waals surface area contributed by atoms with Crippen molar-refractivity contribution in [2.24, 2.45) is 0 Å². The average Bonchev–Trinajstić information content (AvgIpc) is 2.37. The summed E-state index contributed by atoms with van der Waals surface area (Å²) >= 11 is 0. The molecule has 0 fully saturated rings. The summed E-state index contributed by atoms with van der Waals surface area (Å²) in [5.74, 6) is -0.352. The molecule has 1 aromatic heterocycles. The molecule has 0 aliphatic carbocycles. The average molecular weight is 245 g/mol. The molecule has 0 atom stereocenters.